The van der Waals surface area contributed by atoms with Gasteiger partial charge in [-0.05, 0) is 70.3 Å². The van der Waals surface area contributed by atoms with E-state index in [1.54, 1.807) is 36.4 Å². The molecule has 0 fully saturated rings. The smallest absolute Gasteiger partial charge is 0.237 e. The van der Waals surface area contributed by atoms with E-state index >= 15 is 0 Å². The lowest BCUT2D eigenvalue weighted by atomic mass is 9.97. The first-order valence-corrected chi connectivity index (χ1v) is 24.8. The summed E-state index contributed by atoms with van der Waals surface area (Å²) in [5, 5.41) is 9.66. The minimum Gasteiger partial charge on any atom is -0.318 e. The maximum absolute atomic E-state index is 13.1. The molecule has 364 valence electrons. The first-order valence-electron chi connectivity index (χ1n) is 39.5. The summed E-state index contributed by atoms with van der Waals surface area (Å²) in [7, 11) is 0. The molecule has 0 aliphatic heterocycles. The van der Waals surface area contributed by atoms with Crippen LogP contribution in [0.5, 0.6) is 0 Å². The van der Waals surface area contributed by atoms with Crippen LogP contribution in [0.2, 0.25) is 0 Å². The molecule has 0 aliphatic rings. The van der Waals surface area contributed by atoms with E-state index in [9.17, 15) is 46.1 Å². The van der Waals surface area contributed by atoms with Crippen molar-refractivity contribution >= 4 is 135 Å². The first-order chi connectivity index (χ1) is 52.0. The third-order valence-electron chi connectivity index (χ3n) is 14.5. The van der Waals surface area contributed by atoms with Crippen LogP contribution in [-0.2, 0) is 0 Å². The van der Waals surface area contributed by atoms with Crippen LogP contribution in [0.3, 0.4) is 0 Å². The zero-order valence-corrected chi connectivity index (χ0v) is 40.6. The van der Waals surface area contributed by atoms with E-state index in [0.29, 0.717) is 20.2 Å². The maximum atomic E-state index is 13.1. The highest BCUT2D eigenvalue weighted by atomic mass is 32.1. The Kier molecular flexibility index (Phi) is 4.83. The largest absolute Gasteiger partial charge is 0.318 e. The normalized spacial score (nSPS) is 17.5. The molecule has 0 N–H and O–H groups in total. The molecule has 6 nitrogen and oxygen atoms in total. The zero-order chi connectivity index (χ0) is 79.0. The maximum Gasteiger partial charge on any atom is 0.237 e. The van der Waals surface area contributed by atoms with Gasteiger partial charge in [0.25, 0.3) is 0 Å². The van der Waals surface area contributed by atoms with Crippen molar-refractivity contribution in [3.63, 3.8) is 0 Å². The number of para-hydroxylation sites is 6. The van der Waals surface area contributed by atoms with Crippen LogP contribution in [0.4, 0.5) is 5.69 Å². The molecule has 0 unspecified atom stereocenters. The Morgan fingerprint density at radius 2 is 0.873 bits per heavy atom. The van der Waals surface area contributed by atoms with Gasteiger partial charge in [0.15, 0.2) is 0 Å². The Balaban J connectivity index is 1.31. The van der Waals surface area contributed by atoms with Crippen molar-refractivity contribution in [3.05, 3.63) is 259 Å². The number of nitriles is 1. The van der Waals surface area contributed by atoms with Crippen molar-refractivity contribution in [1.29, 1.82) is 5.26 Å². The molecule has 0 amide bonds. The van der Waals surface area contributed by atoms with Crippen molar-refractivity contribution in [2.45, 2.75) is 0 Å². The predicted molar refractivity (Wildman–Crippen MR) is 331 cm³/mol. The summed E-state index contributed by atoms with van der Waals surface area (Å²) in [6.07, 6.45) is 0. The van der Waals surface area contributed by atoms with Crippen LogP contribution in [0.25, 0.3) is 157 Å². The molecule has 5 heterocycles. The van der Waals surface area contributed by atoms with E-state index < -0.39 is 298 Å². The molecule has 17 rings (SSSR count). The van der Waals surface area contributed by atoms with Crippen molar-refractivity contribution in [3.8, 4) is 39.9 Å². The second-order valence-corrected chi connectivity index (χ2v) is 19.2. The second kappa shape index (κ2) is 16.4. The fraction of sp³-hybridized carbons (Fsp3) is 0. The van der Waals surface area contributed by atoms with Crippen LogP contribution in [-0.4, -0.2) is 18.3 Å². The highest BCUT2D eigenvalue weighted by Crippen LogP contribution is 2.53. The summed E-state index contributed by atoms with van der Waals surface area (Å²) in [6, 6.07) is -12.5. The number of thiophene rings is 1. The van der Waals surface area contributed by atoms with Gasteiger partial charge in [0.1, 0.15) is 6.07 Å². The number of nitrogens with zero attached hydrogens (tertiary/aromatic N) is 6. The average molecular weight is 1050 g/mol. The lowest BCUT2D eigenvalue weighted by molar-refractivity contribution is 1.04. The SMILES string of the molecule is [2H]c1c([2H])c([2H])c2c(-c3ccc4c5ccc6c7ccccc7sc6c5n(-c5c(-n6c7c([2H])c([2H])c([2H])c([2H])c7c7c([2H])c([2H])c([2H])c([2H])c76)c(C#N)c(-n6c7c([2H])c([2H])c([2H])c([2H])c7c7c([2H])c([2H])c([2H])c([2H])c76)c([N+]#[C-])c5-n5c6c([2H])c([2H])c([2H])c([2H])c6c6c([2H])c([2H])c([2H])c([2H])c65)c4c3)c([2H])c([2H])c([2H])c2c1[2H]. The molecule has 7 heteroatoms. The van der Waals surface area contributed by atoms with Gasteiger partial charge in [-0.25, -0.2) is 4.85 Å². The van der Waals surface area contributed by atoms with Gasteiger partial charge in [0, 0.05) is 58.6 Å². The van der Waals surface area contributed by atoms with Crippen molar-refractivity contribution in [2.24, 2.45) is 0 Å². The monoisotopic (exact) mass is 1050 g/mol. The first kappa shape index (κ1) is 23.3. The third kappa shape index (κ3) is 5.86. The van der Waals surface area contributed by atoms with Gasteiger partial charge in [-0.15, -0.1) is 11.3 Å². The Morgan fingerprint density at radius 3 is 1.43 bits per heavy atom. The van der Waals surface area contributed by atoms with Crippen LogP contribution >= 0.6 is 11.3 Å². The number of fused-ring (bicyclic) bond motifs is 17. The molecule has 12 aromatic carbocycles. The number of hydrogen-bond acceptors (Lipinski definition) is 2. The van der Waals surface area contributed by atoms with Crippen molar-refractivity contribution in [1.82, 2.24) is 18.3 Å². The molecule has 0 saturated heterocycles. The molecular formula is C72H40N6S. The van der Waals surface area contributed by atoms with Crippen molar-refractivity contribution < 1.29 is 42.5 Å². The van der Waals surface area contributed by atoms with E-state index in [1.165, 1.54) is 22.8 Å². The molecule has 0 spiro atoms. The average Bonchev–Trinajstić information content (AvgIpc) is 1.48. The van der Waals surface area contributed by atoms with Gasteiger partial charge in [0.2, 0.25) is 5.69 Å². The number of aromatic nitrogens is 4. The minimum absolute atomic E-state index is 0.000665. The summed E-state index contributed by atoms with van der Waals surface area (Å²) < 4.78 is 300. The van der Waals surface area contributed by atoms with Gasteiger partial charge in [0.05, 0.1) is 126 Å². The lowest BCUT2D eigenvalue weighted by Crippen LogP contribution is -2.14. The molecule has 0 atom stereocenters. The fourth-order valence-electron chi connectivity index (χ4n) is 11.4. The van der Waals surface area contributed by atoms with Crippen LogP contribution in [0.15, 0.2) is 242 Å². The molecule has 5 aromatic heterocycles. The van der Waals surface area contributed by atoms with Gasteiger partial charge in [-0.1, -0.05) is 194 Å². The number of rotatable bonds is 5. The molecule has 0 bridgehead atoms. The minimum atomic E-state index is -1.06. The Hall–Kier alpha value is -10.7. The molecule has 0 saturated carbocycles. The van der Waals surface area contributed by atoms with E-state index in [2.05, 4.69) is 10.9 Å². The van der Waals surface area contributed by atoms with Gasteiger partial charge >= 0.3 is 0 Å². The van der Waals surface area contributed by atoms with E-state index in [0.717, 1.165) is 25.0 Å². The van der Waals surface area contributed by atoms with Gasteiger partial charge in [-0.2, -0.15) is 5.26 Å². The Morgan fingerprint density at radius 1 is 0.405 bits per heavy atom. The summed E-state index contributed by atoms with van der Waals surface area (Å²) in [4.78, 5) is 4.23. The molecular weight excluding hydrogens is 981 g/mol. The Labute approximate surface area is 499 Å². The Bertz CT molecular complexity index is 7080. The van der Waals surface area contributed by atoms with Crippen LogP contribution in [0, 0.1) is 17.9 Å². The summed E-state index contributed by atoms with van der Waals surface area (Å²) >= 11 is 1.14. The second-order valence-electron chi connectivity index (χ2n) is 18.2. The van der Waals surface area contributed by atoms with Gasteiger partial charge < -0.3 is 18.3 Å². The van der Waals surface area contributed by atoms with E-state index in [4.69, 9.17) is 8.22 Å². The topological polar surface area (TPSA) is 47.9 Å². The predicted octanol–water partition coefficient (Wildman–Crippen LogP) is 19.7. The fourth-order valence-corrected chi connectivity index (χ4v) is 12.6. The molecule has 0 aliphatic carbocycles. The third-order valence-corrected chi connectivity index (χ3v) is 15.7. The highest BCUT2D eigenvalue weighted by Gasteiger charge is 2.35. The quantitative estimate of drug-likeness (QED) is 0.158. The summed E-state index contributed by atoms with van der Waals surface area (Å²) in [5.41, 5.74) is -11.2. The number of hydrogen-bond donors (Lipinski definition) is 0. The van der Waals surface area contributed by atoms with E-state index in [-0.39, 0.29) is 32.9 Å². The summed E-state index contributed by atoms with van der Waals surface area (Å²) in [6.45, 7) is 10.0. The highest BCUT2D eigenvalue weighted by molar-refractivity contribution is 7.26. The molecule has 17 aromatic rings. The zero-order valence-electron chi connectivity index (χ0n) is 70.8. The van der Waals surface area contributed by atoms with Gasteiger partial charge in [-0.3, -0.25) is 0 Å². The van der Waals surface area contributed by atoms with Crippen molar-refractivity contribution in [2.75, 3.05) is 0 Å². The lowest BCUT2D eigenvalue weighted by Gasteiger charge is -2.27. The standard InChI is InChI=1S/C72H40N6S/c1-74-66-67(75-58-30-11-4-22-47(58)48-23-5-12-31-59(48)75)57(42-73)68(76-60-32-13-6-24-49(60)50-25-7-14-33-61(50)76)71(70(66)77-62-34-15-8-26-51(62)52-27-9-16-35-63(52)77)78-64-41-44(46-29-18-20-43-19-2-3-21-45(43)46)37-38-53(64)55-39-40-56-54-28-10-17-36-65(54)79-72(56)69(55)78/h2-41H/i2D,3D,4D,5D,6D,7D,8D,9D,11D,12D,13D,14D,15D,16D,18D,19D,20D,21D,22D,23D,24D,25D,26D,27D,29D,30D,31D,32D,33D,34D,35D. The number of benzene rings is 12. The van der Waals surface area contributed by atoms with E-state index in [1.807, 2.05) is 0 Å². The van der Waals surface area contributed by atoms with Crippen LogP contribution < -0.4 is 0 Å². The summed E-state index contributed by atoms with van der Waals surface area (Å²) in [5.74, 6) is 0. The molecule has 0 radical (unpaired) electrons. The van der Waals surface area contributed by atoms with Crippen LogP contribution in [0.1, 0.15) is 48.1 Å². The molecule has 79 heavy (non-hydrogen) atoms.